The lowest BCUT2D eigenvalue weighted by Crippen LogP contribution is -1.88. The molecular formula is C16H11IN2. The predicted octanol–water partition coefficient (Wildman–Crippen LogP) is 4.78. The molecule has 4 aromatic rings. The molecule has 0 atom stereocenters. The van der Waals surface area contributed by atoms with Crippen molar-refractivity contribution in [2.75, 3.05) is 0 Å². The summed E-state index contributed by atoms with van der Waals surface area (Å²) in [6.45, 7) is 0. The van der Waals surface area contributed by atoms with Crippen molar-refractivity contribution in [3.8, 4) is 5.69 Å². The minimum absolute atomic E-state index is 1.20. The predicted molar refractivity (Wildman–Crippen MR) is 88.2 cm³/mol. The van der Waals surface area contributed by atoms with Crippen LogP contribution in [0.15, 0.2) is 67.0 Å². The van der Waals surface area contributed by atoms with Crippen LogP contribution in [-0.2, 0) is 0 Å². The van der Waals surface area contributed by atoms with E-state index in [4.69, 9.17) is 0 Å². The Hall–Kier alpha value is -1.75. The number of rotatable bonds is 1. The first-order chi connectivity index (χ1) is 9.34. The number of halogens is 1. The van der Waals surface area contributed by atoms with E-state index in [1.807, 2.05) is 12.1 Å². The molecule has 0 aliphatic heterocycles. The molecule has 2 heterocycles. The maximum absolute atomic E-state index is 2.37. The van der Waals surface area contributed by atoms with E-state index < -0.39 is 0 Å². The molecule has 2 aromatic heterocycles. The monoisotopic (exact) mass is 358 g/mol. The van der Waals surface area contributed by atoms with Gasteiger partial charge in [-0.2, -0.15) is 0 Å². The Labute approximate surface area is 124 Å². The summed E-state index contributed by atoms with van der Waals surface area (Å²) >= 11 is 2.37. The first kappa shape index (κ1) is 11.1. The van der Waals surface area contributed by atoms with Gasteiger partial charge < -0.3 is 4.57 Å². The third kappa shape index (κ3) is 1.61. The van der Waals surface area contributed by atoms with Crippen LogP contribution in [0, 0.1) is 0 Å². The van der Waals surface area contributed by atoms with Crippen molar-refractivity contribution < 1.29 is 0 Å². The van der Waals surface area contributed by atoms with Gasteiger partial charge in [0, 0.05) is 28.9 Å². The topological polar surface area (TPSA) is 9.86 Å². The molecule has 3 heteroatoms. The van der Waals surface area contributed by atoms with Gasteiger partial charge in [-0.3, -0.25) is 2.78 Å². The highest BCUT2D eigenvalue weighted by Gasteiger charge is 2.09. The molecule has 0 saturated heterocycles. The Bertz CT molecular complexity index is 872. The third-order valence-electron chi connectivity index (χ3n) is 3.50. The summed E-state index contributed by atoms with van der Waals surface area (Å²) < 4.78 is 4.36. The van der Waals surface area contributed by atoms with Crippen LogP contribution < -0.4 is 0 Å². The summed E-state index contributed by atoms with van der Waals surface area (Å²) in [5.41, 5.74) is 3.73. The van der Waals surface area contributed by atoms with Gasteiger partial charge in [-0.15, -0.1) is 0 Å². The molecule has 0 saturated carbocycles. The lowest BCUT2D eigenvalue weighted by molar-refractivity contribution is 1.08. The Kier molecular flexibility index (Phi) is 2.41. The van der Waals surface area contributed by atoms with E-state index in [9.17, 15) is 0 Å². The number of nitrogens with zero attached hydrogens (tertiary/aromatic N) is 2. The summed E-state index contributed by atoms with van der Waals surface area (Å²) in [6.07, 6.45) is 4.15. The second kappa shape index (κ2) is 4.13. The maximum atomic E-state index is 2.37. The van der Waals surface area contributed by atoms with Crippen LogP contribution in [0.4, 0.5) is 0 Å². The van der Waals surface area contributed by atoms with Gasteiger partial charge in [0.2, 0.25) is 0 Å². The van der Waals surface area contributed by atoms with Crippen molar-refractivity contribution in [2.45, 2.75) is 0 Å². The molecule has 0 N–H and O–H groups in total. The lowest BCUT2D eigenvalue weighted by atomic mass is 10.1. The number of aromatic nitrogens is 2. The van der Waals surface area contributed by atoms with Gasteiger partial charge in [0.1, 0.15) is 0 Å². The van der Waals surface area contributed by atoms with E-state index in [1.165, 1.54) is 27.5 Å². The summed E-state index contributed by atoms with van der Waals surface area (Å²) in [6, 6.07) is 19.2. The van der Waals surface area contributed by atoms with E-state index >= 15 is 0 Å². The number of benzene rings is 2. The van der Waals surface area contributed by atoms with E-state index in [-0.39, 0.29) is 0 Å². The van der Waals surface area contributed by atoms with E-state index in [2.05, 4.69) is 85.1 Å². The zero-order chi connectivity index (χ0) is 12.8. The Morgan fingerprint density at radius 1 is 0.737 bits per heavy atom. The number of para-hydroxylation sites is 1. The third-order valence-corrected chi connectivity index (χ3v) is 4.54. The van der Waals surface area contributed by atoms with Gasteiger partial charge >= 0.3 is 0 Å². The van der Waals surface area contributed by atoms with Crippen molar-refractivity contribution in [1.29, 1.82) is 0 Å². The zero-order valence-corrected chi connectivity index (χ0v) is 12.3. The highest BCUT2D eigenvalue weighted by molar-refractivity contribution is 14.1. The first-order valence-electron chi connectivity index (χ1n) is 6.17. The van der Waals surface area contributed by atoms with Gasteiger partial charge in [0.25, 0.3) is 0 Å². The smallest absolute Gasteiger partial charge is 0.0646 e. The molecular weight excluding hydrogens is 347 g/mol. The van der Waals surface area contributed by atoms with E-state index in [0.717, 1.165) is 0 Å². The molecule has 2 nitrogen and oxygen atoms in total. The molecule has 0 unspecified atom stereocenters. The second-order valence-corrected chi connectivity index (χ2v) is 5.55. The fraction of sp³-hybridized carbons (Fsp3) is 0. The summed E-state index contributed by atoms with van der Waals surface area (Å²) in [5.74, 6) is 0. The summed E-state index contributed by atoms with van der Waals surface area (Å²) in [5, 5.41) is 2.61. The van der Waals surface area contributed by atoms with Crippen LogP contribution in [-0.4, -0.2) is 7.35 Å². The molecule has 0 aliphatic rings. The Morgan fingerprint density at radius 2 is 1.47 bits per heavy atom. The number of fused-ring (bicyclic) bond motifs is 3. The SMILES string of the molecule is In1c2ccccc2c2cc(-n3cccc3)ccc21. The number of hydrogen-bond donors (Lipinski definition) is 0. The fourth-order valence-corrected chi connectivity index (χ4v) is 3.42. The maximum Gasteiger partial charge on any atom is 0.0646 e. The number of hydrogen-bond acceptors (Lipinski definition) is 0. The minimum atomic E-state index is 1.20. The molecule has 92 valence electrons. The molecule has 0 amide bonds. The first-order valence-corrected chi connectivity index (χ1v) is 7.14. The van der Waals surface area contributed by atoms with Gasteiger partial charge in [-0.25, -0.2) is 0 Å². The van der Waals surface area contributed by atoms with Crippen molar-refractivity contribution in [2.24, 2.45) is 0 Å². The quantitative estimate of drug-likeness (QED) is 0.433. The van der Waals surface area contributed by atoms with E-state index in [0.29, 0.717) is 0 Å². The van der Waals surface area contributed by atoms with Crippen LogP contribution in [0.1, 0.15) is 0 Å². The molecule has 0 aliphatic carbocycles. The zero-order valence-electron chi connectivity index (χ0n) is 10.1. The van der Waals surface area contributed by atoms with Crippen molar-refractivity contribution >= 4 is 44.7 Å². The van der Waals surface area contributed by atoms with Gasteiger partial charge in [0.15, 0.2) is 0 Å². The Balaban J connectivity index is 2.11. The second-order valence-electron chi connectivity index (χ2n) is 4.59. The van der Waals surface area contributed by atoms with Crippen molar-refractivity contribution in [3.05, 3.63) is 67.0 Å². The fourth-order valence-electron chi connectivity index (χ4n) is 2.58. The van der Waals surface area contributed by atoms with Gasteiger partial charge in [-0.1, -0.05) is 18.2 Å². The largest absolute Gasteiger partial charge is 0.324 e. The van der Waals surface area contributed by atoms with Crippen LogP contribution in [0.25, 0.3) is 27.5 Å². The average Bonchev–Trinajstić information content (AvgIpc) is 3.08. The van der Waals surface area contributed by atoms with Crippen molar-refractivity contribution in [3.63, 3.8) is 0 Å². The van der Waals surface area contributed by atoms with Gasteiger partial charge in [-0.05, 0) is 36.4 Å². The van der Waals surface area contributed by atoms with Crippen LogP contribution in [0.2, 0.25) is 0 Å². The molecule has 19 heavy (non-hydrogen) atoms. The van der Waals surface area contributed by atoms with Crippen LogP contribution >= 0.6 is 22.9 Å². The average molecular weight is 358 g/mol. The molecule has 0 spiro atoms. The van der Waals surface area contributed by atoms with Gasteiger partial charge in [0.05, 0.1) is 33.9 Å². The molecule has 4 rings (SSSR count). The van der Waals surface area contributed by atoms with Crippen molar-refractivity contribution in [1.82, 2.24) is 7.35 Å². The van der Waals surface area contributed by atoms with E-state index in [1.54, 1.807) is 0 Å². The normalized spacial score (nSPS) is 11.4. The molecule has 0 radical (unpaired) electrons. The molecule has 0 bridgehead atoms. The molecule has 2 aromatic carbocycles. The summed E-state index contributed by atoms with van der Waals surface area (Å²) in [4.78, 5) is 0. The Morgan fingerprint density at radius 3 is 2.32 bits per heavy atom. The lowest BCUT2D eigenvalue weighted by Gasteiger charge is -2.03. The van der Waals surface area contributed by atoms with Crippen LogP contribution in [0.5, 0.6) is 0 Å². The highest BCUT2D eigenvalue weighted by Crippen LogP contribution is 2.31. The summed E-state index contributed by atoms with van der Waals surface area (Å²) in [7, 11) is 0. The van der Waals surface area contributed by atoms with Crippen LogP contribution in [0.3, 0.4) is 0 Å². The molecule has 0 fully saturated rings. The highest BCUT2D eigenvalue weighted by atomic mass is 127. The minimum Gasteiger partial charge on any atom is -0.324 e. The standard InChI is InChI=1S/C16H11IN2/c17-19-15-6-2-1-5-13(15)14-11-12(7-8-16(14)19)18-9-3-4-10-18/h1-11H.